The first-order valence-corrected chi connectivity index (χ1v) is 10.1. The van der Waals surface area contributed by atoms with Crippen LogP contribution in [0.3, 0.4) is 0 Å². The fourth-order valence-corrected chi connectivity index (χ4v) is 3.98. The smallest absolute Gasteiger partial charge is 0.175 e. The molecule has 2 aromatic rings. The Morgan fingerprint density at radius 2 is 1.88 bits per heavy atom. The molecule has 3 nitrogen and oxygen atoms in total. The molecule has 2 aromatic carbocycles. The Morgan fingerprint density at radius 3 is 2.54 bits per heavy atom. The second-order valence-corrected chi connectivity index (χ2v) is 8.47. The van der Waals surface area contributed by atoms with Crippen LogP contribution in [-0.2, 0) is 16.4 Å². The van der Waals surface area contributed by atoms with Crippen LogP contribution in [0.25, 0.3) is 0 Å². The molecule has 1 saturated heterocycles. The molecule has 0 N–H and O–H groups in total. The molecule has 0 saturated carbocycles. The summed E-state index contributed by atoms with van der Waals surface area (Å²) >= 11 is 0. The third-order valence-electron chi connectivity index (χ3n) is 4.58. The zero-order valence-electron chi connectivity index (χ0n) is 13.8. The molecule has 3 rings (SSSR count). The van der Waals surface area contributed by atoms with Gasteiger partial charge in [0.05, 0.1) is 4.90 Å². The lowest BCUT2D eigenvalue weighted by molar-refractivity contribution is 0.140. The van der Waals surface area contributed by atoms with Gasteiger partial charge in [-0.25, -0.2) is 12.8 Å². The highest BCUT2D eigenvalue weighted by molar-refractivity contribution is 7.90. The summed E-state index contributed by atoms with van der Waals surface area (Å²) in [5.41, 5.74) is 2.09. The van der Waals surface area contributed by atoms with Crippen LogP contribution < -0.4 is 0 Å². The molecule has 0 bridgehead atoms. The number of piperidine rings is 1. The van der Waals surface area contributed by atoms with E-state index >= 15 is 0 Å². The Hall–Kier alpha value is -1.72. The van der Waals surface area contributed by atoms with E-state index in [1.807, 2.05) is 18.2 Å². The number of likely N-dealkylation sites (tertiary alicyclic amines) is 1. The average Bonchev–Trinajstić information content (AvgIpc) is 2.55. The maximum absolute atomic E-state index is 13.6. The van der Waals surface area contributed by atoms with Crippen LogP contribution in [0.4, 0.5) is 4.39 Å². The van der Waals surface area contributed by atoms with Gasteiger partial charge in [0.15, 0.2) is 9.84 Å². The first-order chi connectivity index (χ1) is 11.4. The number of sulfone groups is 1. The van der Waals surface area contributed by atoms with E-state index in [2.05, 4.69) is 4.90 Å². The molecule has 1 atom stereocenters. The van der Waals surface area contributed by atoms with E-state index in [1.165, 1.54) is 12.3 Å². The van der Waals surface area contributed by atoms with E-state index in [4.69, 9.17) is 0 Å². The van der Waals surface area contributed by atoms with Crippen molar-refractivity contribution in [1.82, 2.24) is 4.90 Å². The van der Waals surface area contributed by atoms with Gasteiger partial charge in [-0.1, -0.05) is 30.7 Å². The molecular weight excluding hydrogens is 325 g/mol. The second-order valence-electron chi connectivity index (χ2n) is 6.45. The van der Waals surface area contributed by atoms with Crippen LogP contribution >= 0.6 is 0 Å². The second kappa shape index (κ2) is 7.03. The summed E-state index contributed by atoms with van der Waals surface area (Å²) in [4.78, 5) is 2.69. The molecule has 0 unspecified atom stereocenters. The number of halogens is 1. The lowest BCUT2D eigenvalue weighted by Crippen LogP contribution is -2.33. The van der Waals surface area contributed by atoms with Crippen LogP contribution in [-0.4, -0.2) is 26.1 Å². The predicted molar refractivity (Wildman–Crippen MR) is 93.0 cm³/mol. The number of rotatable bonds is 4. The molecule has 0 radical (unpaired) electrons. The largest absolute Gasteiger partial charge is 0.292 e. The molecule has 5 heteroatoms. The molecule has 1 fully saturated rings. The number of benzene rings is 2. The monoisotopic (exact) mass is 347 g/mol. The molecular formula is C19H22FNO2S. The van der Waals surface area contributed by atoms with Gasteiger partial charge in [-0.05, 0) is 54.8 Å². The van der Waals surface area contributed by atoms with Crippen molar-refractivity contribution in [3.8, 4) is 0 Å². The Kier molecular flexibility index (Phi) is 5.01. The van der Waals surface area contributed by atoms with Crippen molar-refractivity contribution in [2.45, 2.75) is 36.7 Å². The molecule has 0 aromatic heterocycles. The van der Waals surface area contributed by atoms with Crippen molar-refractivity contribution in [3.63, 3.8) is 0 Å². The van der Waals surface area contributed by atoms with Gasteiger partial charge in [-0.3, -0.25) is 4.90 Å². The van der Waals surface area contributed by atoms with Gasteiger partial charge in [-0.2, -0.15) is 0 Å². The Bertz CT molecular complexity index is 802. The molecule has 1 aliphatic rings. The van der Waals surface area contributed by atoms with E-state index in [9.17, 15) is 12.8 Å². The molecule has 0 amide bonds. The Labute approximate surface area is 143 Å². The lowest BCUT2D eigenvalue weighted by atomic mass is 9.94. The third-order valence-corrected chi connectivity index (χ3v) is 5.71. The summed E-state index contributed by atoms with van der Waals surface area (Å²) in [7, 11) is -3.17. The van der Waals surface area contributed by atoms with Gasteiger partial charge < -0.3 is 0 Å². The maximum atomic E-state index is 13.6. The van der Waals surface area contributed by atoms with Crippen LogP contribution in [0.1, 0.15) is 36.4 Å². The van der Waals surface area contributed by atoms with Crippen molar-refractivity contribution in [3.05, 3.63) is 65.5 Å². The van der Waals surface area contributed by atoms with Crippen LogP contribution in [0, 0.1) is 5.82 Å². The SMILES string of the molecule is CS(=O)(=O)c1ccc(CN2CCCC[C@@H]2c2cccc(F)c2)cc1. The Morgan fingerprint density at radius 1 is 1.12 bits per heavy atom. The van der Waals surface area contributed by atoms with Crippen LogP contribution in [0.5, 0.6) is 0 Å². The minimum absolute atomic E-state index is 0.199. The van der Waals surface area contributed by atoms with Gasteiger partial charge >= 0.3 is 0 Å². The summed E-state index contributed by atoms with van der Waals surface area (Å²) in [6, 6.07) is 14.1. The van der Waals surface area contributed by atoms with Crippen molar-refractivity contribution in [2.75, 3.05) is 12.8 Å². The summed E-state index contributed by atoms with van der Waals surface area (Å²) in [5.74, 6) is -0.199. The standard InChI is InChI=1S/C19H22FNO2S/c1-24(22,23)18-10-8-15(9-11-18)14-21-12-3-2-7-19(21)16-5-4-6-17(20)13-16/h4-6,8-11,13,19H,2-3,7,12,14H2,1H3/t19-/m1/s1. The quantitative estimate of drug-likeness (QED) is 0.840. The summed E-state index contributed by atoms with van der Waals surface area (Å²) in [6.45, 7) is 1.71. The topological polar surface area (TPSA) is 37.4 Å². The molecule has 1 heterocycles. The van der Waals surface area contributed by atoms with Crippen molar-refractivity contribution < 1.29 is 12.8 Å². The van der Waals surface area contributed by atoms with Crippen LogP contribution in [0.15, 0.2) is 53.4 Å². The van der Waals surface area contributed by atoms with Gasteiger partial charge in [0.25, 0.3) is 0 Å². The fourth-order valence-electron chi connectivity index (χ4n) is 3.35. The highest BCUT2D eigenvalue weighted by atomic mass is 32.2. The minimum atomic E-state index is -3.17. The minimum Gasteiger partial charge on any atom is -0.292 e. The van der Waals surface area contributed by atoms with Gasteiger partial charge in [0.1, 0.15) is 5.82 Å². The molecule has 1 aliphatic heterocycles. The molecule has 0 spiro atoms. The van der Waals surface area contributed by atoms with E-state index in [0.717, 1.165) is 43.5 Å². The van der Waals surface area contributed by atoms with Gasteiger partial charge in [0.2, 0.25) is 0 Å². The van der Waals surface area contributed by atoms with E-state index < -0.39 is 9.84 Å². The third kappa shape index (κ3) is 4.02. The zero-order valence-corrected chi connectivity index (χ0v) is 14.6. The predicted octanol–water partition coefficient (Wildman–Crippen LogP) is 3.96. The number of hydrogen-bond donors (Lipinski definition) is 0. The first kappa shape index (κ1) is 17.1. The highest BCUT2D eigenvalue weighted by Gasteiger charge is 2.24. The van der Waals surface area contributed by atoms with E-state index in [0.29, 0.717) is 4.90 Å². The number of nitrogens with zero attached hydrogens (tertiary/aromatic N) is 1. The van der Waals surface area contributed by atoms with Gasteiger partial charge in [-0.15, -0.1) is 0 Å². The summed E-state index contributed by atoms with van der Waals surface area (Å²) in [5, 5.41) is 0. The van der Waals surface area contributed by atoms with Crippen molar-refractivity contribution in [2.24, 2.45) is 0 Å². The Balaban J connectivity index is 1.79. The molecule has 0 aliphatic carbocycles. The van der Waals surface area contributed by atoms with E-state index in [1.54, 1.807) is 24.3 Å². The maximum Gasteiger partial charge on any atom is 0.175 e. The van der Waals surface area contributed by atoms with Gasteiger partial charge in [0, 0.05) is 18.8 Å². The highest BCUT2D eigenvalue weighted by Crippen LogP contribution is 2.32. The molecule has 128 valence electrons. The van der Waals surface area contributed by atoms with Crippen molar-refractivity contribution >= 4 is 9.84 Å². The molecule has 24 heavy (non-hydrogen) atoms. The summed E-state index contributed by atoms with van der Waals surface area (Å²) < 4.78 is 36.7. The normalized spacial score (nSPS) is 19.3. The van der Waals surface area contributed by atoms with Crippen LogP contribution in [0.2, 0.25) is 0 Å². The number of hydrogen-bond acceptors (Lipinski definition) is 3. The average molecular weight is 347 g/mol. The first-order valence-electron chi connectivity index (χ1n) is 8.22. The lowest BCUT2D eigenvalue weighted by Gasteiger charge is -2.36. The van der Waals surface area contributed by atoms with E-state index in [-0.39, 0.29) is 11.9 Å². The summed E-state index contributed by atoms with van der Waals surface area (Å²) in [6.07, 6.45) is 4.51. The van der Waals surface area contributed by atoms with Crippen molar-refractivity contribution in [1.29, 1.82) is 0 Å². The zero-order chi connectivity index (χ0) is 17.2. The fraction of sp³-hybridized carbons (Fsp3) is 0.368.